The number of nitriles is 1. The van der Waals surface area contributed by atoms with Crippen LogP contribution >= 0.6 is 0 Å². The molecule has 110 valence electrons. The lowest BCUT2D eigenvalue weighted by atomic mass is 9.98. The van der Waals surface area contributed by atoms with E-state index in [0.29, 0.717) is 11.3 Å². The maximum atomic E-state index is 9.38. The summed E-state index contributed by atoms with van der Waals surface area (Å²) >= 11 is 0. The summed E-state index contributed by atoms with van der Waals surface area (Å²) in [6.07, 6.45) is 2.00. The third-order valence-electron chi connectivity index (χ3n) is 4.86. The molecule has 0 saturated heterocycles. The first-order valence-corrected chi connectivity index (χ1v) is 7.52. The van der Waals surface area contributed by atoms with Gasteiger partial charge in [-0.2, -0.15) is 5.26 Å². The zero-order chi connectivity index (χ0) is 16.3. The summed E-state index contributed by atoms with van der Waals surface area (Å²) < 4.78 is 4.23. The van der Waals surface area contributed by atoms with Crippen LogP contribution < -0.4 is 4.68 Å². The molecule has 4 heteroatoms. The van der Waals surface area contributed by atoms with Gasteiger partial charge in [-0.1, -0.05) is 18.2 Å². The SMILES string of the molecule is [C-]#[N+]c1ccc(C#N)c2c[n+]3n(c12)-c1c(C)c(C)cc(C)c1C3. The quantitative estimate of drug-likeness (QED) is 0.361. The highest BCUT2D eigenvalue weighted by molar-refractivity contribution is 5.95. The van der Waals surface area contributed by atoms with E-state index in [4.69, 9.17) is 6.57 Å². The number of nitrogens with zero attached hydrogens (tertiary/aromatic N) is 4. The van der Waals surface area contributed by atoms with Crippen LogP contribution in [0.15, 0.2) is 24.4 Å². The highest BCUT2D eigenvalue weighted by Gasteiger charge is 2.33. The Labute approximate surface area is 134 Å². The molecule has 0 fully saturated rings. The number of fused-ring (bicyclic) bond motifs is 5. The minimum absolute atomic E-state index is 0.587. The van der Waals surface area contributed by atoms with Crippen LogP contribution in [0.1, 0.15) is 27.8 Å². The Hall–Kier alpha value is -3.11. The van der Waals surface area contributed by atoms with Crippen molar-refractivity contribution in [3.63, 3.8) is 0 Å². The van der Waals surface area contributed by atoms with Crippen LogP contribution in [0, 0.1) is 38.7 Å². The smallest absolute Gasteiger partial charge is 0.217 e. The predicted octanol–water partition coefficient (Wildman–Crippen LogP) is 3.63. The van der Waals surface area contributed by atoms with E-state index in [1.54, 1.807) is 12.1 Å². The summed E-state index contributed by atoms with van der Waals surface area (Å²) in [5, 5.41) is 10.2. The van der Waals surface area contributed by atoms with E-state index in [2.05, 4.69) is 47.1 Å². The molecule has 4 nitrogen and oxygen atoms in total. The van der Waals surface area contributed by atoms with Gasteiger partial charge < -0.3 is 0 Å². The molecule has 1 aliphatic heterocycles. The van der Waals surface area contributed by atoms with E-state index < -0.39 is 0 Å². The first-order valence-electron chi connectivity index (χ1n) is 7.52. The first kappa shape index (κ1) is 13.5. The van der Waals surface area contributed by atoms with Crippen molar-refractivity contribution < 1.29 is 4.68 Å². The third kappa shape index (κ3) is 1.61. The molecule has 2 heterocycles. The van der Waals surface area contributed by atoms with E-state index in [9.17, 15) is 5.26 Å². The van der Waals surface area contributed by atoms with Gasteiger partial charge >= 0.3 is 0 Å². The van der Waals surface area contributed by atoms with Crippen molar-refractivity contribution in [2.24, 2.45) is 0 Å². The van der Waals surface area contributed by atoms with Gasteiger partial charge in [0, 0.05) is 0 Å². The summed E-state index contributed by atoms with van der Waals surface area (Å²) in [6, 6.07) is 7.95. The molecule has 1 aromatic heterocycles. The molecular formula is C19H15N4+. The van der Waals surface area contributed by atoms with Crippen molar-refractivity contribution >= 4 is 16.6 Å². The van der Waals surface area contributed by atoms with Gasteiger partial charge in [-0.3, -0.25) is 0 Å². The largest absolute Gasteiger partial charge is 0.236 e. The molecule has 23 heavy (non-hydrogen) atoms. The van der Waals surface area contributed by atoms with Crippen LogP contribution in [0.2, 0.25) is 0 Å². The second kappa shape index (κ2) is 4.44. The molecule has 0 unspecified atom stereocenters. The summed E-state index contributed by atoms with van der Waals surface area (Å²) in [4.78, 5) is 3.68. The standard InChI is InChI=1S/C19H15N4/c1-11-7-12(2)15-9-22-10-16-14(8-20)5-6-17(21-4)19(16)23(22)18(15)13(11)3/h5-7,10H,9H2,1-3H3/q+1. The van der Waals surface area contributed by atoms with Gasteiger partial charge in [-0.05, 0) is 37.5 Å². The average Bonchev–Trinajstić information content (AvgIpc) is 3.08. The second-order valence-corrected chi connectivity index (χ2v) is 6.12. The first-order chi connectivity index (χ1) is 11.1. The molecule has 0 bridgehead atoms. The highest BCUT2D eigenvalue weighted by Crippen LogP contribution is 2.36. The van der Waals surface area contributed by atoms with Crippen LogP contribution in [-0.4, -0.2) is 4.68 Å². The van der Waals surface area contributed by atoms with Crippen LogP contribution in [0.3, 0.4) is 0 Å². The van der Waals surface area contributed by atoms with Gasteiger partial charge in [0.25, 0.3) is 0 Å². The molecule has 0 spiro atoms. The number of benzene rings is 2. The molecular weight excluding hydrogens is 284 g/mol. The molecule has 2 aromatic carbocycles. The zero-order valence-electron chi connectivity index (χ0n) is 13.3. The van der Waals surface area contributed by atoms with E-state index in [-0.39, 0.29) is 0 Å². The molecule has 0 N–H and O–H groups in total. The van der Waals surface area contributed by atoms with E-state index in [1.165, 1.54) is 22.3 Å². The Morgan fingerprint density at radius 3 is 2.74 bits per heavy atom. The van der Waals surface area contributed by atoms with E-state index in [0.717, 1.165) is 23.1 Å². The van der Waals surface area contributed by atoms with Crippen molar-refractivity contribution in [1.82, 2.24) is 4.68 Å². The van der Waals surface area contributed by atoms with Gasteiger partial charge in [0.05, 0.1) is 29.2 Å². The number of aromatic nitrogens is 2. The fraction of sp³-hybridized carbons (Fsp3) is 0.211. The van der Waals surface area contributed by atoms with E-state index >= 15 is 0 Å². The fourth-order valence-corrected chi connectivity index (χ4v) is 3.60. The van der Waals surface area contributed by atoms with Crippen LogP contribution in [-0.2, 0) is 6.54 Å². The average molecular weight is 299 g/mol. The van der Waals surface area contributed by atoms with Gasteiger partial charge in [-0.25, -0.2) is 4.85 Å². The Kier molecular flexibility index (Phi) is 2.62. The van der Waals surface area contributed by atoms with Crippen molar-refractivity contribution in [3.05, 3.63) is 63.6 Å². The molecule has 0 radical (unpaired) electrons. The van der Waals surface area contributed by atoms with Crippen LogP contribution in [0.25, 0.3) is 21.4 Å². The fourth-order valence-electron chi connectivity index (χ4n) is 3.60. The van der Waals surface area contributed by atoms with Crippen molar-refractivity contribution in [2.75, 3.05) is 0 Å². The molecule has 1 aliphatic rings. The van der Waals surface area contributed by atoms with Crippen molar-refractivity contribution in [3.8, 4) is 11.8 Å². The van der Waals surface area contributed by atoms with Gasteiger partial charge in [0.2, 0.25) is 11.9 Å². The minimum atomic E-state index is 0.587. The van der Waals surface area contributed by atoms with Gasteiger partial charge in [0.1, 0.15) is 11.2 Å². The van der Waals surface area contributed by atoms with E-state index in [1.807, 2.05) is 6.20 Å². The van der Waals surface area contributed by atoms with Crippen molar-refractivity contribution in [2.45, 2.75) is 27.3 Å². The Morgan fingerprint density at radius 1 is 1.26 bits per heavy atom. The molecule has 0 saturated carbocycles. The lowest BCUT2D eigenvalue weighted by Crippen LogP contribution is -2.36. The number of aryl methyl sites for hydroxylation is 2. The molecule has 0 aliphatic carbocycles. The molecule has 0 atom stereocenters. The van der Waals surface area contributed by atoms with Crippen molar-refractivity contribution in [1.29, 1.82) is 5.26 Å². The maximum Gasteiger partial charge on any atom is 0.217 e. The van der Waals surface area contributed by atoms with Crippen LogP contribution in [0.5, 0.6) is 0 Å². The number of rotatable bonds is 0. The Bertz CT molecular complexity index is 1090. The Morgan fingerprint density at radius 2 is 2.04 bits per heavy atom. The lowest BCUT2D eigenvalue weighted by Gasteiger charge is -2.09. The monoisotopic (exact) mass is 299 g/mol. The second-order valence-electron chi connectivity index (χ2n) is 6.12. The molecule has 4 rings (SSSR count). The Balaban J connectivity index is 2.22. The zero-order valence-corrected chi connectivity index (χ0v) is 13.3. The molecule has 3 aromatic rings. The normalized spacial score (nSPS) is 11.9. The maximum absolute atomic E-state index is 9.38. The molecule has 0 amide bonds. The summed E-state index contributed by atoms with van der Waals surface area (Å²) in [6.45, 7) is 14.7. The number of hydrogen-bond acceptors (Lipinski definition) is 1. The summed E-state index contributed by atoms with van der Waals surface area (Å²) in [7, 11) is 0. The number of hydrogen-bond donors (Lipinski definition) is 0. The summed E-state index contributed by atoms with van der Waals surface area (Å²) in [5.41, 5.74) is 8.25. The lowest BCUT2D eigenvalue weighted by molar-refractivity contribution is -0.749. The predicted molar refractivity (Wildman–Crippen MR) is 87.8 cm³/mol. The van der Waals surface area contributed by atoms with Crippen LogP contribution in [0.4, 0.5) is 5.69 Å². The minimum Gasteiger partial charge on any atom is -0.236 e. The highest BCUT2D eigenvalue weighted by atomic mass is 15.4. The topological polar surface area (TPSA) is 37.0 Å². The van der Waals surface area contributed by atoms with Gasteiger partial charge in [0.15, 0.2) is 6.54 Å². The third-order valence-corrected chi connectivity index (χ3v) is 4.86. The summed E-state index contributed by atoms with van der Waals surface area (Å²) in [5.74, 6) is 0. The van der Waals surface area contributed by atoms with Gasteiger partial charge in [-0.15, -0.1) is 9.36 Å².